The van der Waals surface area contributed by atoms with Gasteiger partial charge in [0, 0.05) is 23.7 Å². The van der Waals surface area contributed by atoms with E-state index >= 15 is 0 Å². The number of benzene rings is 2. The van der Waals surface area contributed by atoms with Crippen LogP contribution in [-0.4, -0.2) is 7.11 Å². The average molecular weight is 360 g/mol. The normalized spacial score (nSPS) is 12.3. The van der Waals surface area contributed by atoms with Gasteiger partial charge in [-0.2, -0.15) is 0 Å². The van der Waals surface area contributed by atoms with Gasteiger partial charge < -0.3 is 10.5 Å². The number of methoxy groups -OCH3 is 1. The summed E-state index contributed by atoms with van der Waals surface area (Å²) in [7, 11) is 1.54. The Balaban J connectivity index is 2.26. The van der Waals surface area contributed by atoms with Gasteiger partial charge >= 0.3 is 0 Å². The van der Waals surface area contributed by atoms with E-state index in [1.165, 1.54) is 7.11 Å². The topological polar surface area (TPSA) is 35.2 Å². The Kier molecular flexibility index (Phi) is 4.90. The van der Waals surface area contributed by atoms with Crippen molar-refractivity contribution in [3.63, 3.8) is 0 Å². The summed E-state index contributed by atoms with van der Waals surface area (Å²) >= 11 is 3.33. The van der Waals surface area contributed by atoms with Gasteiger partial charge in [-0.25, -0.2) is 13.2 Å². The van der Waals surface area contributed by atoms with Crippen molar-refractivity contribution in [1.82, 2.24) is 0 Å². The third-order valence-electron chi connectivity index (χ3n) is 3.09. The second kappa shape index (κ2) is 6.49. The van der Waals surface area contributed by atoms with Gasteiger partial charge in [0.2, 0.25) is 0 Å². The van der Waals surface area contributed by atoms with E-state index < -0.39 is 23.5 Å². The molecule has 0 saturated carbocycles. The fourth-order valence-electron chi connectivity index (χ4n) is 2.10. The first-order valence-corrected chi connectivity index (χ1v) is 6.94. The fourth-order valence-corrected chi connectivity index (χ4v) is 2.69. The Bertz CT molecular complexity index is 640. The van der Waals surface area contributed by atoms with E-state index in [-0.39, 0.29) is 12.0 Å². The van der Waals surface area contributed by atoms with Crippen molar-refractivity contribution in [1.29, 1.82) is 0 Å². The zero-order chi connectivity index (χ0) is 15.6. The second-order valence-corrected chi connectivity index (χ2v) is 5.42. The summed E-state index contributed by atoms with van der Waals surface area (Å²) in [6.45, 7) is 0. The number of hydrogen-bond acceptors (Lipinski definition) is 2. The minimum absolute atomic E-state index is 0.210. The lowest BCUT2D eigenvalue weighted by Gasteiger charge is -2.15. The van der Waals surface area contributed by atoms with Crippen molar-refractivity contribution >= 4 is 15.9 Å². The highest BCUT2D eigenvalue weighted by Gasteiger charge is 2.19. The molecule has 0 amide bonds. The van der Waals surface area contributed by atoms with Gasteiger partial charge in [0.05, 0.1) is 11.6 Å². The van der Waals surface area contributed by atoms with Crippen LogP contribution in [0.25, 0.3) is 0 Å². The Morgan fingerprint density at radius 3 is 2.29 bits per heavy atom. The van der Waals surface area contributed by atoms with E-state index in [1.54, 1.807) is 18.2 Å². The maximum Gasteiger partial charge on any atom is 0.133 e. The van der Waals surface area contributed by atoms with Crippen LogP contribution in [0.2, 0.25) is 0 Å². The van der Waals surface area contributed by atoms with Crippen LogP contribution in [0.5, 0.6) is 5.75 Å². The van der Waals surface area contributed by atoms with E-state index in [9.17, 15) is 13.2 Å². The van der Waals surface area contributed by atoms with Gasteiger partial charge in [-0.1, -0.05) is 6.07 Å². The summed E-state index contributed by atoms with van der Waals surface area (Å²) in [5.74, 6) is -2.28. The summed E-state index contributed by atoms with van der Waals surface area (Å²) in [6.07, 6.45) is 0.210. The summed E-state index contributed by atoms with van der Waals surface area (Å²) in [5, 5.41) is 0. The van der Waals surface area contributed by atoms with Crippen LogP contribution in [0.3, 0.4) is 0 Å². The molecule has 0 aliphatic rings. The summed E-state index contributed by atoms with van der Waals surface area (Å²) < 4.78 is 46.1. The maximum absolute atomic E-state index is 13.7. The standard InChI is InChI=1S/C15H13BrF3NO/c1-21-14-3-2-8(4-10(14)16)5-13(20)15-11(18)6-9(17)7-12(15)19/h2-4,6-7,13H,5,20H2,1H3. The van der Waals surface area contributed by atoms with Crippen LogP contribution >= 0.6 is 15.9 Å². The molecular weight excluding hydrogens is 347 g/mol. The first-order valence-electron chi connectivity index (χ1n) is 6.14. The SMILES string of the molecule is COc1ccc(CC(N)c2c(F)cc(F)cc2F)cc1Br. The van der Waals surface area contributed by atoms with Gasteiger partial charge in [-0.15, -0.1) is 0 Å². The molecule has 2 N–H and O–H groups in total. The lowest BCUT2D eigenvalue weighted by Crippen LogP contribution is -2.17. The third kappa shape index (κ3) is 3.57. The molecule has 1 atom stereocenters. The fraction of sp³-hybridized carbons (Fsp3) is 0.200. The van der Waals surface area contributed by atoms with Crippen molar-refractivity contribution in [2.45, 2.75) is 12.5 Å². The first-order chi connectivity index (χ1) is 9.92. The quantitative estimate of drug-likeness (QED) is 0.891. The molecule has 0 fully saturated rings. The molecule has 0 radical (unpaired) electrons. The van der Waals surface area contributed by atoms with Crippen molar-refractivity contribution < 1.29 is 17.9 Å². The van der Waals surface area contributed by atoms with Crippen molar-refractivity contribution in [2.75, 3.05) is 7.11 Å². The van der Waals surface area contributed by atoms with Gasteiger partial charge in [-0.05, 0) is 40.0 Å². The Morgan fingerprint density at radius 2 is 1.76 bits per heavy atom. The van der Waals surface area contributed by atoms with Crippen LogP contribution in [0, 0.1) is 17.5 Å². The monoisotopic (exact) mass is 359 g/mol. The van der Waals surface area contributed by atoms with Gasteiger partial charge in [0.15, 0.2) is 0 Å². The maximum atomic E-state index is 13.7. The molecule has 0 heterocycles. The molecule has 0 aliphatic carbocycles. The zero-order valence-corrected chi connectivity index (χ0v) is 12.8. The Morgan fingerprint density at radius 1 is 1.14 bits per heavy atom. The van der Waals surface area contributed by atoms with E-state index in [0.29, 0.717) is 17.9 Å². The minimum Gasteiger partial charge on any atom is -0.496 e. The molecule has 0 spiro atoms. The molecule has 0 saturated heterocycles. The van der Waals surface area contributed by atoms with E-state index in [2.05, 4.69) is 15.9 Å². The summed E-state index contributed by atoms with van der Waals surface area (Å²) in [5.41, 5.74) is 6.31. The van der Waals surface area contributed by atoms with Crippen molar-refractivity contribution in [3.8, 4) is 5.75 Å². The van der Waals surface area contributed by atoms with Crippen LogP contribution in [0.15, 0.2) is 34.8 Å². The summed E-state index contributed by atoms with van der Waals surface area (Å²) in [6, 6.07) is 5.58. The van der Waals surface area contributed by atoms with Crippen molar-refractivity contribution in [3.05, 3.63) is 63.4 Å². The van der Waals surface area contributed by atoms with E-state index in [1.807, 2.05) is 0 Å². The van der Waals surface area contributed by atoms with E-state index in [0.717, 1.165) is 10.0 Å². The first kappa shape index (κ1) is 15.9. The smallest absolute Gasteiger partial charge is 0.133 e. The Hall–Kier alpha value is -1.53. The average Bonchev–Trinajstić information content (AvgIpc) is 2.37. The van der Waals surface area contributed by atoms with Crippen molar-refractivity contribution in [2.24, 2.45) is 5.73 Å². The summed E-state index contributed by atoms with van der Waals surface area (Å²) in [4.78, 5) is 0. The highest BCUT2D eigenvalue weighted by molar-refractivity contribution is 9.10. The second-order valence-electron chi connectivity index (χ2n) is 4.56. The van der Waals surface area contributed by atoms with Crippen LogP contribution in [-0.2, 0) is 6.42 Å². The highest BCUT2D eigenvalue weighted by Crippen LogP contribution is 2.28. The number of nitrogens with two attached hydrogens (primary N) is 1. The lowest BCUT2D eigenvalue weighted by molar-refractivity contribution is 0.412. The number of rotatable bonds is 4. The van der Waals surface area contributed by atoms with Gasteiger partial charge in [0.25, 0.3) is 0 Å². The predicted octanol–water partition coefficient (Wildman–Crippen LogP) is 4.12. The van der Waals surface area contributed by atoms with Gasteiger partial charge in [-0.3, -0.25) is 0 Å². The third-order valence-corrected chi connectivity index (χ3v) is 3.71. The molecule has 1 unspecified atom stereocenters. The molecule has 6 heteroatoms. The van der Waals surface area contributed by atoms with Crippen LogP contribution in [0.1, 0.15) is 17.2 Å². The number of hydrogen-bond donors (Lipinski definition) is 1. The predicted molar refractivity (Wildman–Crippen MR) is 77.6 cm³/mol. The largest absolute Gasteiger partial charge is 0.496 e. The van der Waals surface area contributed by atoms with Crippen LogP contribution in [0.4, 0.5) is 13.2 Å². The molecule has 112 valence electrons. The molecule has 2 nitrogen and oxygen atoms in total. The number of ether oxygens (including phenoxy) is 1. The highest BCUT2D eigenvalue weighted by atomic mass is 79.9. The van der Waals surface area contributed by atoms with E-state index in [4.69, 9.17) is 10.5 Å². The molecule has 21 heavy (non-hydrogen) atoms. The zero-order valence-electron chi connectivity index (χ0n) is 11.2. The van der Waals surface area contributed by atoms with Crippen LogP contribution < -0.4 is 10.5 Å². The Labute approximate surface area is 128 Å². The molecular formula is C15H13BrF3NO. The lowest BCUT2D eigenvalue weighted by atomic mass is 9.98. The molecule has 2 rings (SSSR count). The van der Waals surface area contributed by atoms with Gasteiger partial charge in [0.1, 0.15) is 23.2 Å². The molecule has 0 aliphatic heterocycles. The molecule has 2 aromatic carbocycles. The molecule has 0 aromatic heterocycles. The number of halogens is 4. The molecule has 2 aromatic rings. The minimum atomic E-state index is -0.979. The molecule has 0 bridgehead atoms.